The van der Waals surface area contributed by atoms with Gasteiger partial charge in [0, 0.05) is 37.1 Å². The fourth-order valence-electron chi connectivity index (χ4n) is 4.18. The van der Waals surface area contributed by atoms with Crippen molar-refractivity contribution in [3.63, 3.8) is 0 Å². The number of hydrogen-bond acceptors (Lipinski definition) is 6. The number of hydrogen-bond donors (Lipinski definition) is 3. The number of benzene rings is 1. The molecular formula is C18H24N6O2. The summed E-state index contributed by atoms with van der Waals surface area (Å²) in [6, 6.07) is 7.06. The molecule has 0 radical (unpaired) electrons. The van der Waals surface area contributed by atoms with E-state index in [-0.39, 0.29) is 17.6 Å². The number of amides is 1. The van der Waals surface area contributed by atoms with Crippen LogP contribution in [0.25, 0.3) is 0 Å². The van der Waals surface area contributed by atoms with Crippen molar-refractivity contribution in [3.05, 3.63) is 36.2 Å². The molecule has 5 rings (SSSR count). The molecule has 1 aromatic carbocycles. The standard InChI is InChI=1S/C18H24N6O2/c19-8-14-9-24(22-21-14)10-15-6-12-4-5-23(15)11-17(12)18(26)20-13-2-1-3-16(25)7-13/h1-3,7,9,12,15,17,25H,4-6,8,10-11,19H2,(H,20,26)/t12-,15+,17+/m0/s1. The lowest BCUT2D eigenvalue weighted by Crippen LogP contribution is -2.57. The highest BCUT2D eigenvalue weighted by molar-refractivity contribution is 5.93. The molecule has 26 heavy (non-hydrogen) atoms. The van der Waals surface area contributed by atoms with E-state index in [0.717, 1.165) is 38.2 Å². The van der Waals surface area contributed by atoms with Gasteiger partial charge in [0.05, 0.1) is 18.2 Å². The van der Waals surface area contributed by atoms with Crippen LogP contribution in [0.3, 0.4) is 0 Å². The highest BCUT2D eigenvalue weighted by Gasteiger charge is 2.43. The van der Waals surface area contributed by atoms with Gasteiger partial charge in [-0.25, -0.2) is 0 Å². The molecule has 1 amide bonds. The second kappa shape index (κ2) is 7.05. The molecule has 138 valence electrons. The maximum absolute atomic E-state index is 12.7. The maximum Gasteiger partial charge on any atom is 0.229 e. The van der Waals surface area contributed by atoms with Crippen molar-refractivity contribution >= 4 is 11.6 Å². The number of fused-ring (bicyclic) bond motifs is 3. The first-order valence-corrected chi connectivity index (χ1v) is 9.05. The number of phenolic OH excluding ortho intramolecular Hbond substituents is 1. The van der Waals surface area contributed by atoms with E-state index in [4.69, 9.17) is 5.73 Å². The number of anilines is 1. The van der Waals surface area contributed by atoms with E-state index >= 15 is 0 Å². The van der Waals surface area contributed by atoms with E-state index in [1.54, 1.807) is 24.3 Å². The highest BCUT2D eigenvalue weighted by Crippen LogP contribution is 2.37. The molecule has 0 saturated carbocycles. The van der Waals surface area contributed by atoms with Gasteiger partial charge in [-0.15, -0.1) is 5.10 Å². The van der Waals surface area contributed by atoms with E-state index in [9.17, 15) is 9.90 Å². The third kappa shape index (κ3) is 3.42. The summed E-state index contributed by atoms with van der Waals surface area (Å²) >= 11 is 0. The van der Waals surface area contributed by atoms with Crippen molar-refractivity contribution < 1.29 is 9.90 Å². The summed E-state index contributed by atoms with van der Waals surface area (Å²) in [5.41, 5.74) is 7.03. The van der Waals surface area contributed by atoms with Crippen molar-refractivity contribution in [1.29, 1.82) is 0 Å². The van der Waals surface area contributed by atoms with Crippen LogP contribution in [0.4, 0.5) is 5.69 Å². The molecule has 3 fully saturated rings. The van der Waals surface area contributed by atoms with Crippen LogP contribution in [0.2, 0.25) is 0 Å². The van der Waals surface area contributed by atoms with Crippen LogP contribution in [0.15, 0.2) is 30.5 Å². The molecule has 2 aromatic rings. The van der Waals surface area contributed by atoms with E-state index in [1.807, 2.05) is 10.9 Å². The minimum Gasteiger partial charge on any atom is -0.508 e. The summed E-state index contributed by atoms with van der Waals surface area (Å²) in [5.74, 6) is 0.550. The van der Waals surface area contributed by atoms with E-state index in [0.29, 0.717) is 24.2 Å². The van der Waals surface area contributed by atoms with Crippen molar-refractivity contribution in [3.8, 4) is 5.75 Å². The molecule has 1 aromatic heterocycles. The Morgan fingerprint density at radius 2 is 2.31 bits per heavy atom. The van der Waals surface area contributed by atoms with Gasteiger partial charge in [-0.05, 0) is 37.4 Å². The van der Waals surface area contributed by atoms with Gasteiger partial charge in [-0.3, -0.25) is 14.4 Å². The van der Waals surface area contributed by atoms with Crippen molar-refractivity contribution in [2.75, 3.05) is 18.4 Å². The number of nitrogens with zero attached hydrogens (tertiary/aromatic N) is 4. The Hall–Kier alpha value is -2.45. The average molecular weight is 356 g/mol. The van der Waals surface area contributed by atoms with Crippen LogP contribution < -0.4 is 11.1 Å². The minimum absolute atomic E-state index is 0.0160. The van der Waals surface area contributed by atoms with Gasteiger partial charge in [0.15, 0.2) is 0 Å². The highest BCUT2D eigenvalue weighted by atomic mass is 16.3. The number of nitrogens with two attached hydrogens (primary N) is 1. The Morgan fingerprint density at radius 3 is 3.00 bits per heavy atom. The van der Waals surface area contributed by atoms with Crippen molar-refractivity contribution in [1.82, 2.24) is 19.9 Å². The van der Waals surface area contributed by atoms with Crippen LogP contribution in [0.1, 0.15) is 18.5 Å². The Morgan fingerprint density at radius 1 is 1.42 bits per heavy atom. The summed E-state index contributed by atoms with van der Waals surface area (Å²) in [5, 5.41) is 20.7. The van der Waals surface area contributed by atoms with Crippen LogP contribution in [0.5, 0.6) is 5.75 Å². The molecule has 0 aliphatic carbocycles. The van der Waals surface area contributed by atoms with E-state index in [1.165, 1.54) is 0 Å². The van der Waals surface area contributed by atoms with Crippen molar-refractivity contribution in [2.24, 2.45) is 17.6 Å². The number of aromatic nitrogens is 3. The van der Waals surface area contributed by atoms with Crippen LogP contribution >= 0.6 is 0 Å². The van der Waals surface area contributed by atoms with Gasteiger partial charge in [0.2, 0.25) is 5.91 Å². The number of nitrogens with one attached hydrogen (secondary N) is 1. The topological polar surface area (TPSA) is 109 Å². The van der Waals surface area contributed by atoms with Gasteiger partial charge in [0.25, 0.3) is 0 Å². The SMILES string of the molecule is NCc1cn(C[C@H]2C[C@@H]3CCN2C[C@H]3C(=O)Nc2cccc(O)c2)nn1. The summed E-state index contributed by atoms with van der Waals surface area (Å²) in [4.78, 5) is 15.1. The molecule has 8 heteroatoms. The van der Waals surface area contributed by atoms with Gasteiger partial charge >= 0.3 is 0 Å². The first-order chi connectivity index (χ1) is 12.6. The van der Waals surface area contributed by atoms with E-state index < -0.39 is 0 Å². The fraction of sp³-hybridized carbons (Fsp3) is 0.500. The second-order valence-electron chi connectivity index (χ2n) is 7.22. The smallest absolute Gasteiger partial charge is 0.229 e. The van der Waals surface area contributed by atoms with Crippen LogP contribution in [0, 0.1) is 11.8 Å². The summed E-state index contributed by atoms with van der Waals surface area (Å²) < 4.78 is 1.86. The Balaban J connectivity index is 1.39. The van der Waals surface area contributed by atoms with Gasteiger partial charge < -0.3 is 16.2 Å². The molecule has 8 nitrogen and oxygen atoms in total. The predicted molar refractivity (Wildman–Crippen MR) is 96.2 cm³/mol. The zero-order valence-corrected chi connectivity index (χ0v) is 14.6. The average Bonchev–Trinajstić information content (AvgIpc) is 3.10. The molecular weight excluding hydrogens is 332 g/mol. The minimum atomic E-state index is -0.0160. The molecule has 0 spiro atoms. The van der Waals surface area contributed by atoms with Gasteiger partial charge in [0.1, 0.15) is 5.75 Å². The molecule has 4 atom stereocenters. The lowest BCUT2D eigenvalue weighted by atomic mass is 9.75. The third-order valence-corrected chi connectivity index (χ3v) is 5.52. The van der Waals surface area contributed by atoms with Gasteiger partial charge in [-0.2, -0.15) is 0 Å². The van der Waals surface area contributed by atoms with Crippen LogP contribution in [-0.2, 0) is 17.9 Å². The number of piperidine rings is 3. The Labute approximate surface area is 152 Å². The quantitative estimate of drug-likeness (QED) is 0.731. The number of aromatic hydroxyl groups is 1. The molecule has 1 unspecified atom stereocenters. The molecule has 3 aliphatic heterocycles. The van der Waals surface area contributed by atoms with Gasteiger partial charge in [-0.1, -0.05) is 11.3 Å². The fourth-order valence-corrected chi connectivity index (χ4v) is 4.18. The Kier molecular flexibility index (Phi) is 4.60. The monoisotopic (exact) mass is 356 g/mol. The zero-order chi connectivity index (χ0) is 18.1. The molecule has 4 heterocycles. The normalized spacial score (nSPS) is 27.4. The maximum atomic E-state index is 12.7. The summed E-state index contributed by atoms with van der Waals surface area (Å²) in [7, 11) is 0. The molecule has 3 saturated heterocycles. The molecule has 3 aliphatic rings. The third-order valence-electron chi connectivity index (χ3n) is 5.52. The number of carbonyl (C=O) groups is 1. The number of carbonyl (C=O) groups excluding carboxylic acids is 1. The number of rotatable bonds is 5. The first-order valence-electron chi connectivity index (χ1n) is 9.05. The van der Waals surface area contributed by atoms with Crippen LogP contribution in [-0.4, -0.2) is 50.0 Å². The summed E-state index contributed by atoms with van der Waals surface area (Å²) in [6.45, 7) is 2.96. The lowest BCUT2D eigenvalue weighted by molar-refractivity contribution is -0.127. The zero-order valence-electron chi connectivity index (χ0n) is 14.6. The van der Waals surface area contributed by atoms with Crippen molar-refractivity contribution in [2.45, 2.75) is 32.0 Å². The second-order valence-corrected chi connectivity index (χ2v) is 7.22. The number of phenols is 1. The molecule has 4 N–H and O–H groups in total. The largest absolute Gasteiger partial charge is 0.508 e. The van der Waals surface area contributed by atoms with E-state index in [2.05, 4.69) is 20.5 Å². The first kappa shape index (κ1) is 17.0. The summed E-state index contributed by atoms with van der Waals surface area (Å²) in [6.07, 6.45) is 3.92. The Bertz CT molecular complexity index is 791. The predicted octanol–water partition coefficient (Wildman–Crippen LogP) is 0.791. The molecule has 2 bridgehead atoms. The lowest BCUT2D eigenvalue weighted by Gasteiger charge is -2.49.